The maximum atomic E-state index is 11.0. The van der Waals surface area contributed by atoms with Crippen LogP contribution in [0.5, 0.6) is 5.75 Å². The molecule has 1 fully saturated rings. The predicted octanol–water partition coefficient (Wildman–Crippen LogP) is 0.296. The van der Waals surface area contributed by atoms with Crippen molar-refractivity contribution in [1.29, 1.82) is 0 Å². The number of phenols is 1. The van der Waals surface area contributed by atoms with Crippen molar-refractivity contribution in [3.63, 3.8) is 0 Å². The van der Waals surface area contributed by atoms with Crippen LogP contribution in [-0.2, 0) is 21.1 Å². The number of hydrogen-bond donors (Lipinski definition) is 2. The highest BCUT2D eigenvalue weighted by atomic mass is 17.3. The predicted molar refractivity (Wildman–Crippen MR) is 45.9 cm³/mol. The number of nitrogens with one attached hydrogen (secondary N) is 1. The van der Waals surface area contributed by atoms with Crippen LogP contribution in [-0.4, -0.2) is 17.1 Å². The molecule has 1 aliphatic heterocycles. The second-order valence-corrected chi connectivity index (χ2v) is 3.03. The lowest BCUT2D eigenvalue weighted by Gasteiger charge is -2.03. The monoisotopic (exact) mass is 195 g/mol. The lowest BCUT2D eigenvalue weighted by atomic mass is 10.1. The van der Waals surface area contributed by atoms with Gasteiger partial charge in [0.25, 0.3) is 0 Å². The summed E-state index contributed by atoms with van der Waals surface area (Å²) in [6.45, 7) is 0. The molecule has 2 N–H and O–H groups in total. The number of carbonyl (C=O) groups is 1. The van der Waals surface area contributed by atoms with Gasteiger partial charge < -0.3 is 5.11 Å². The Bertz CT molecular complexity index is 335. The van der Waals surface area contributed by atoms with Gasteiger partial charge >= 0.3 is 5.97 Å². The van der Waals surface area contributed by atoms with Crippen molar-refractivity contribution in [3.8, 4) is 5.75 Å². The van der Waals surface area contributed by atoms with Gasteiger partial charge in [0.15, 0.2) is 0 Å². The van der Waals surface area contributed by atoms with Gasteiger partial charge in [0, 0.05) is 6.42 Å². The van der Waals surface area contributed by atoms with E-state index in [9.17, 15) is 4.79 Å². The van der Waals surface area contributed by atoms with Crippen LogP contribution >= 0.6 is 0 Å². The molecule has 1 aliphatic rings. The van der Waals surface area contributed by atoms with Gasteiger partial charge in [0.05, 0.1) is 0 Å². The van der Waals surface area contributed by atoms with Gasteiger partial charge in [0.2, 0.25) is 0 Å². The van der Waals surface area contributed by atoms with Crippen LogP contribution in [0.4, 0.5) is 0 Å². The van der Waals surface area contributed by atoms with Crippen molar-refractivity contribution in [1.82, 2.24) is 5.48 Å². The van der Waals surface area contributed by atoms with Crippen LogP contribution in [0.3, 0.4) is 0 Å². The molecule has 1 saturated heterocycles. The lowest BCUT2D eigenvalue weighted by molar-refractivity contribution is -0.271. The average Bonchev–Trinajstić information content (AvgIpc) is 2.56. The highest BCUT2D eigenvalue weighted by Crippen LogP contribution is 2.13. The van der Waals surface area contributed by atoms with E-state index in [1.807, 2.05) is 0 Å². The summed E-state index contributed by atoms with van der Waals surface area (Å²) in [6, 6.07) is 6.14. The van der Waals surface area contributed by atoms with Crippen molar-refractivity contribution in [2.24, 2.45) is 0 Å². The molecule has 2 rings (SSSR count). The third kappa shape index (κ3) is 1.84. The Morgan fingerprint density at radius 3 is 2.64 bits per heavy atom. The number of hydroxylamine groups is 1. The van der Waals surface area contributed by atoms with E-state index in [1.54, 1.807) is 24.3 Å². The van der Waals surface area contributed by atoms with Crippen molar-refractivity contribution < 1.29 is 19.8 Å². The Hall–Kier alpha value is -1.59. The van der Waals surface area contributed by atoms with E-state index in [1.165, 1.54) is 0 Å². The maximum absolute atomic E-state index is 11.0. The number of phenolic OH excluding ortho intramolecular Hbond substituents is 1. The van der Waals surface area contributed by atoms with Crippen molar-refractivity contribution in [2.75, 3.05) is 0 Å². The average molecular weight is 195 g/mol. The number of rotatable bonds is 2. The van der Waals surface area contributed by atoms with E-state index in [0.29, 0.717) is 6.42 Å². The summed E-state index contributed by atoms with van der Waals surface area (Å²) in [7, 11) is 0. The zero-order chi connectivity index (χ0) is 9.97. The largest absolute Gasteiger partial charge is 0.508 e. The molecule has 1 heterocycles. The minimum absolute atomic E-state index is 0.201. The second-order valence-electron chi connectivity index (χ2n) is 3.03. The molecule has 0 spiro atoms. The summed E-state index contributed by atoms with van der Waals surface area (Å²) in [5.41, 5.74) is 3.35. The molecule has 0 saturated carbocycles. The Balaban J connectivity index is 2.03. The smallest absolute Gasteiger partial charge is 0.364 e. The Morgan fingerprint density at radius 2 is 2.07 bits per heavy atom. The highest BCUT2D eigenvalue weighted by Gasteiger charge is 2.28. The van der Waals surface area contributed by atoms with E-state index in [0.717, 1.165) is 5.56 Å². The van der Waals surface area contributed by atoms with Crippen LogP contribution in [0.25, 0.3) is 0 Å². The summed E-state index contributed by atoms with van der Waals surface area (Å²) < 4.78 is 0. The summed E-state index contributed by atoms with van der Waals surface area (Å²) in [5, 5.41) is 9.04. The molecule has 5 nitrogen and oxygen atoms in total. The van der Waals surface area contributed by atoms with Gasteiger partial charge in [-0.2, -0.15) is 0 Å². The minimum Gasteiger partial charge on any atom is -0.508 e. The first-order valence-electron chi connectivity index (χ1n) is 4.16. The van der Waals surface area contributed by atoms with Crippen molar-refractivity contribution in [2.45, 2.75) is 12.5 Å². The normalized spacial score (nSPS) is 20.9. The van der Waals surface area contributed by atoms with E-state index in [-0.39, 0.29) is 5.75 Å². The van der Waals surface area contributed by atoms with Gasteiger partial charge in [-0.05, 0) is 17.7 Å². The van der Waals surface area contributed by atoms with Crippen LogP contribution in [0.1, 0.15) is 5.56 Å². The molecule has 0 bridgehead atoms. The fourth-order valence-electron chi connectivity index (χ4n) is 1.22. The summed E-state index contributed by atoms with van der Waals surface area (Å²) in [4.78, 5) is 19.6. The minimum atomic E-state index is -0.473. The third-order valence-corrected chi connectivity index (χ3v) is 1.97. The molecule has 1 unspecified atom stereocenters. The Labute approximate surface area is 80.1 Å². The summed E-state index contributed by atoms with van der Waals surface area (Å²) in [6.07, 6.45) is 0.471. The quantitative estimate of drug-likeness (QED) is 0.664. The van der Waals surface area contributed by atoms with E-state index in [4.69, 9.17) is 5.11 Å². The number of carbonyl (C=O) groups excluding carboxylic acids is 1. The van der Waals surface area contributed by atoms with Gasteiger partial charge in [-0.15, -0.1) is 5.48 Å². The molecule has 1 aromatic rings. The van der Waals surface area contributed by atoms with Crippen LogP contribution in [0.2, 0.25) is 0 Å². The molecule has 0 radical (unpaired) electrons. The number of aromatic hydroxyl groups is 1. The highest BCUT2D eigenvalue weighted by molar-refractivity contribution is 5.76. The van der Waals surface area contributed by atoms with E-state index in [2.05, 4.69) is 15.4 Å². The SMILES string of the molecule is O=C1OONC1Cc1ccc(O)cc1. The fraction of sp³-hybridized carbons (Fsp3) is 0.222. The van der Waals surface area contributed by atoms with E-state index >= 15 is 0 Å². The first kappa shape index (κ1) is 8.98. The van der Waals surface area contributed by atoms with Gasteiger partial charge in [-0.3, -0.25) is 4.89 Å². The van der Waals surface area contributed by atoms with Crippen molar-refractivity contribution >= 4 is 5.97 Å². The molecule has 1 atom stereocenters. The Kier molecular flexibility index (Phi) is 2.34. The summed E-state index contributed by atoms with van der Waals surface area (Å²) in [5.74, 6) is -0.231. The van der Waals surface area contributed by atoms with Crippen molar-refractivity contribution in [3.05, 3.63) is 29.8 Å². The first-order valence-corrected chi connectivity index (χ1v) is 4.16. The third-order valence-electron chi connectivity index (χ3n) is 1.97. The molecule has 5 heteroatoms. The van der Waals surface area contributed by atoms with E-state index < -0.39 is 12.0 Å². The van der Waals surface area contributed by atoms with Crippen LogP contribution < -0.4 is 5.48 Å². The molecule has 1 aromatic carbocycles. The Morgan fingerprint density at radius 1 is 1.36 bits per heavy atom. The first-order chi connectivity index (χ1) is 6.75. The molecule has 14 heavy (non-hydrogen) atoms. The zero-order valence-electron chi connectivity index (χ0n) is 7.27. The second kappa shape index (κ2) is 3.65. The maximum Gasteiger partial charge on any atom is 0.364 e. The number of benzene rings is 1. The topological polar surface area (TPSA) is 67.8 Å². The van der Waals surface area contributed by atoms with Crippen LogP contribution in [0.15, 0.2) is 24.3 Å². The molecular weight excluding hydrogens is 186 g/mol. The van der Waals surface area contributed by atoms with Gasteiger partial charge in [-0.25, -0.2) is 4.79 Å². The molecule has 0 amide bonds. The van der Waals surface area contributed by atoms with Gasteiger partial charge in [-0.1, -0.05) is 17.1 Å². The van der Waals surface area contributed by atoms with Crippen LogP contribution in [0, 0.1) is 0 Å². The molecule has 0 aromatic heterocycles. The zero-order valence-corrected chi connectivity index (χ0v) is 7.27. The summed E-state index contributed by atoms with van der Waals surface area (Å²) >= 11 is 0. The fourth-order valence-corrected chi connectivity index (χ4v) is 1.22. The molecule has 0 aliphatic carbocycles. The molecular formula is C9H9NO4. The van der Waals surface area contributed by atoms with Gasteiger partial charge in [0.1, 0.15) is 11.8 Å². The standard InChI is InChI=1S/C9H9NO4/c11-7-3-1-6(2-4-7)5-8-9(12)13-14-10-8/h1-4,8,10-11H,5H2. The lowest BCUT2D eigenvalue weighted by Crippen LogP contribution is -2.28. The number of hydrogen-bond acceptors (Lipinski definition) is 5. The molecule has 74 valence electrons.